The predicted molar refractivity (Wildman–Crippen MR) is 107 cm³/mol. The fourth-order valence-electron chi connectivity index (χ4n) is 3.13. The minimum atomic E-state index is -0.400. The molecule has 0 fully saturated rings. The molecule has 0 saturated carbocycles. The van der Waals surface area contributed by atoms with Gasteiger partial charge in [-0.3, -0.25) is 14.2 Å². The lowest BCUT2D eigenvalue weighted by Gasteiger charge is -2.11. The van der Waals surface area contributed by atoms with Crippen molar-refractivity contribution >= 4 is 28.0 Å². The van der Waals surface area contributed by atoms with Crippen LogP contribution in [-0.2, 0) is 17.9 Å². The Balaban J connectivity index is 1.51. The van der Waals surface area contributed by atoms with E-state index < -0.39 is 5.56 Å². The highest BCUT2D eigenvalue weighted by atomic mass is 16.5. The summed E-state index contributed by atoms with van der Waals surface area (Å²) in [6, 6.07) is 12.6. The van der Waals surface area contributed by atoms with Crippen molar-refractivity contribution in [3.05, 3.63) is 64.7 Å². The number of nitrogens with one attached hydrogen (secondary N) is 1. The molecule has 29 heavy (non-hydrogen) atoms. The number of aromatic nitrogens is 2. The summed E-state index contributed by atoms with van der Waals surface area (Å²) in [6.07, 6.45) is 1.36. The molecule has 0 saturated heterocycles. The lowest BCUT2D eigenvalue weighted by molar-refractivity contribution is -0.121. The third-order valence-corrected chi connectivity index (χ3v) is 4.63. The Morgan fingerprint density at radius 1 is 1.17 bits per heavy atom. The SMILES string of the molecule is COc1ccc(CNC(=O)Cn2cnc3c(oc4ccccc43)c2=O)c(OC)c1. The summed E-state index contributed by atoms with van der Waals surface area (Å²) in [5, 5.41) is 3.55. The Morgan fingerprint density at radius 2 is 2.00 bits per heavy atom. The number of carbonyl (C=O) groups is 1. The van der Waals surface area contributed by atoms with Crippen LogP contribution in [0.25, 0.3) is 22.1 Å². The maximum atomic E-state index is 12.7. The van der Waals surface area contributed by atoms with Gasteiger partial charge in [0.25, 0.3) is 5.56 Å². The first-order chi connectivity index (χ1) is 14.1. The number of hydrogen-bond donors (Lipinski definition) is 1. The second-order valence-corrected chi connectivity index (χ2v) is 6.41. The van der Waals surface area contributed by atoms with E-state index >= 15 is 0 Å². The number of furan rings is 1. The van der Waals surface area contributed by atoms with Crippen LogP contribution in [0.5, 0.6) is 11.5 Å². The lowest BCUT2D eigenvalue weighted by Crippen LogP contribution is -2.32. The zero-order valence-electron chi connectivity index (χ0n) is 16.0. The fourth-order valence-corrected chi connectivity index (χ4v) is 3.13. The smallest absolute Gasteiger partial charge is 0.297 e. The van der Waals surface area contributed by atoms with Crippen LogP contribution in [-0.4, -0.2) is 29.7 Å². The molecule has 0 spiro atoms. The minimum absolute atomic E-state index is 0.137. The highest BCUT2D eigenvalue weighted by molar-refractivity contribution is 6.01. The highest BCUT2D eigenvalue weighted by Crippen LogP contribution is 2.25. The Bertz CT molecular complexity index is 1260. The molecule has 0 aliphatic carbocycles. The third-order valence-electron chi connectivity index (χ3n) is 4.63. The van der Waals surface area contributed by atoms with Gasteiger partial charge in [0, 0.05) is 23.6 Å². The molecule has 0 bridgehead atoms. The molecule has 4 aromatic rings. The first-order valence-corrected chi connectivity index (χ1v) is 8.95. The van der Waals surface area contributed by atoms with Gasteiger partial charge >= 0.3 is 0 Å². The second-order valence-electron chi connectivity index (χ2n) is 6.41. The van der Waals surface area contributed by atoms with Crippen molar-refractivity contribution in [3.8, 4) is 11.5 Å². The van der Waals surface area contributed by atoms with Crippen LogP contribution in [0.3, 0.4) is 0 Å². The van der Waals surface area contributed by atoms with E-state index in [1.54, 1.807) is 32.4 Å². The number of carbonyl (C=O) groups excluding carboxylic acids is 1. The largest absolute Gasteiger partial charge is 0.497 e. The van der Waals surface area contributed by atoms with E-state index in [0.29, 0.717) is 22.6 Å². The van der Waals surface area contributed by atoms with E-state index in [4.69, 9.17) is 13.9 Å². The average Bonchev–Trinajstić information content (AvgIpc) is 3.13. The molecular formula is C21H19N3O5. The number of amides is 1. The topological polar surface area (TPSA) is 95.6 Å². The zero-order chi connectivity index (χ0) is 20.4. The molecule has 0 atom stereocenters. The number of hydrogen-bond acceptors (Lipinski definition) is 6. The lowest BCUT2D eigenvalue weighted by atomic mass is 10.2. The molecule has 8 heteroatoms. The number of benzene rings is 2. The van der Waals surface area contributed by atoms with Crippen LogP contribution in [0.1, 0.15) is 5.56 Å². The second kappa shape index (κ2) is 7.67. The Hall–Kier alpha value is -3.81. The maximum Gasteiger partial charge on any atom is 0.297 e. The summed E-state index contributed by atoms with van der Waals surface area (Å²) < 4.78 is 17.3. The van der Waals surface area contributed by atoms with Crippen LogP contribution in [0.2, 0.25) is 0 Å². The van der Waals surface area contributed by atoms with Crippen LogP contribution in [0.4, 0.5) is 0 Å². The van der Waals surface area contributed by atoms with Crippen molar-refractivity contribution < 1.29 is 18.7 Å². The molecule has 148 valence electrons. The molecule has 0 aliphatic heterocycles. The number of fused-ring (bicyclic) bond motifs is 3. The molecule has 0 unspecified atom stereocenters. The third kappa shape index (κ3) is 3.52. The standard InChI is InChI=1S/C21H19N3O5/c1-27-14-8-7-13(17(9-14)28-2)10-22-18(25)11-24-12-23-19-15-5-3-4-6-16(15)29-20(19)21(24)26/h3-9,12H,10-11H2,1-2H3,(H,22,25). The number of rotatable bonds is 6. The van der Waals surface area contributed by atoms with E-state index in [-0.39, 0.29) is 24.6 Å². The van der Waals surface area contributed by atoms with Gasteiger partial charge in [-0.05, 0) is 24.3 Å². The molecule has 1 N–H and O–H groups in total. The normalized spacial score (nSPS) is 11.0. The van der Waals surface area contributed by atoms with Crippen molar-refractivity contribution in [1.29, 1.82) is 0 Å². The van der Waals surface area contributed by atoms with Crippen LogP contribution >= 0.6 is 0 Å². The quantitative estimate of drug-likeness (QED) is 0.541. The van der Waals surface area contributed by atoms with Crippen LogP contribution in [0.15, 0.2) is 58.0 Å². The van der Waals surface area contributed by atoms with Gasteiger partial charge in [-0.2, -0.15) is 0 Å². The summed E-state index contributed by atoms with van der Waals surface area (Å²) in [7, 11) is 3.12. The molecular weight excluding hydrogens is 374 g/mol. The molecule has 2 aromatic carbocycles. The predicted octanol–water partition coefficient (Wildman–Crippen LogP) is 2.48. The molecule has 2 aromatic heterocycles. The summed E-state index contributed by atoms with van der Waals surface area (Å²) >= 11 is 0. The number of methoxy groups -OCH3 is 2. The number of nitrogens with zero attached hydrogens (tertiary/aromatic N) is 2. The highest BCUT2D eigenvalue weighted by Gasteiger charge is 2.15. The van der Waals surface area contributed by atoms with E-state index in [9.17, 15) is 9.59 Å². The fraction of sp³-hybridized carbons (Fsp3) is 0.190. The molecule has 0 aliphatic rings. The van der Waals surface area contributed by atoms with E-state index in [0.717, 1.165) is 10.9 Å². The molecule has 8 nitrogen and oxygen atoms in total. The minimum Gasteiger partial charge on any atom is -0.497 e. The summed E-state index contributed by atoms with van der Waals surface area (Å²) in [5.41, 5.74) is 1.60. The maximum absolute atomic E-state index is 12.7. The Kier molecular flexibility index (Phi) is 4.90. The first kappa shape index (κ1) is 18.5. The summed E-state index contributed by atoms with van der Waals surface area (Å²) in [5.74, 6) is 0.933. The molecule has 1 amide bonds. The van der Waals surface area contributed by atoms with Crippen molar-refractivity contribution in [2.45, 2.75) is 13.1 Å². The van der Waals surface area contributed by atoms with Crippen molar-refractivity contribution in [1.82, 2.24) is 14.9 Å². The Labute approximate surface area is 165 Å². The van der Waals surface area contributed by atoms with Gasteiger partial charge in [-0.15, -0.1) is 0 Å². The van der Waals surface area contributed by atoms with E-state index in [1.165, 1.54) is 10.9 Å². The Morgan fingerprint density at radius 3 is 2.79 bits per heavy atom. The zero-order valence-corrected chi connectivity index (χ0v) is 16.0. The van der Waals surface area contributed by atoms with Gasteiger partial charge in [0.1, 0.15) is 29.1 Å². The van der Waals surface area contributed by atoms with Gasteiger partial charge in [-0.1, -0.05) is 12.1 Å². The average molecular weight is 393 g/mol. The van der Waals surface area contributed by atoms with E-state index in [1.807, 2.05) is 24.3 Å². The van der Waals surface area contributed by atoms with Crippen LogP contribution < -0.4 is 20.3 Å². The van der Waals surface area contributed by atoms with Crippen molar-refractivity contribution in [3.63, 3.8) is 0 Å². The summed E-state index contributed by atoms with van der Waals surface area (Å²) in [6.45, 7) is 0.0817. The number of para-hydroxylation sites is 1. The summed E-state index contributed by atoms with van der Waals surface area (Å²) in [4.78, 5) is 29.4. The van der Waals surface area contributed by atoms with Gasteiger partial charge in [0.05, 0.1) is 20.5 Å². The molecule has 4 rings (SSSR count). The van der Waals surface area contributed by atoms with Crippen LogP contribution in [0, 0.1) is 0 Å². The van der Waals surface area contributed by atoms with Gasteiger partial charge in [-0.25, -0.2) is 4.98 Å². The van der Waals surface area contributed by atoms with Gasteiger partial charge < -0.3 is 19.2 Å². The molecule has 0 radical (unpaired) electrons. The van der Waals surface area contributed by atoms with Gasteiger partial charge in [0.2, 0.25) is 11.5 Å². The van der Waals surface area contributed by atoms with Crippen molar-refractivity contribution in [2.24, 2.45) is 0 Å². The van der Waals surface area contributed by atoms with E-state index in [2.05, 4.69) is 10.3 Å². The number of ether oxygens (including phenoxy) is 2. The first-order valence-electron chi connectivity index (χ1n) is 8.95. The molecule has 2 heterocycles. The monoisotopic (exact) mass is 393 g/mol. The van der Waals surface area contributed by atoms with Gasteiger partial charge in [0.15, 0.2) is 0 Å². The van der Waals surface area contributed by atoms with Crippen molar-refractivity contribution in [2.75, 3.05) is 14.2 Å².